The number of aliphatic carboxylic acids is 1. The first-order chi connectivity index (χ1) is 6.63. The number of halogens is 1. The van der Waals surface area contributed by atoms with Crippen LogP contribution in [0.4, 0.5) is 0 Å². The van der Waals surface area contributed by atoms with E-state index in [0.717, 1.165) is 0 Å². The molecule has 14 heavy (non-hydrogen) atoms. The summed E-state index contributed by atoms with van der Waals surface area (Å²) >= 11 is 5.67. The Morgan fingerprint density at radius 1 is 1.43 bits per heavy atom. The maximum Gasteiger partial charge on any atom is 0.305 e. The second kappa shape index (κ2) is 4.95. The van der Waals surface area contributed by atoms with Gasteiger partial charge in [0.15, 0.2) is 0 Å². The van der Waals surface area contributed by atoms with E-state index in [-0.39, 0.29) is 6.42 Å². The molecule has 76 valence electrons. The van der Waals surface area contributed by atoms with Crippen LogP contribution in [0.1, 0.15) is 18.0 Å². The quantitative estimate of drug-likeness (QED) is 0.671. The lowest BCUT2D eigenvalue weighted by atomic mass is 10.1. The smallest absolute Gasteiger partial charge is 0.305 e. The number of hydroxylamine groups is 1. The first-order valence-corrected chi connectivity index (χ1v) is 4.38. The Morgan fingerprint density at radius 3 is 2.43 bits per heavy atom. The van der Waals surface area contributed by atoms with Crippen LogP contribution in [0.15, 0.2) is 24.3 Å². The van der Waals surface area contributed by atoms with E-state index in [1.165, 1.54) is 0 Å². The molecule has 1 rings (SSSR count). The Labute approximate surface area is 86.1 Å². The van der Waals surface area contributed by atoms with E-state index in [2.05, 4.69) is 0 Å². The monoisotopic (exact) mass is 215 g/mol. The molecular formula is C9H10ClNO3. The van der Waals surface area contributed by atoms with Crippen LogP contribution < -0.4 is 5.48 Å². The molecule has 1 atom stereocenters. The highest BCUT2D eigenvalue weighted by Crippen LogP contribution is 2.18. The van der Waals surface area contributed by atoms with Crippen LogP contribution in [0.5, 0.6) is 0 Å². The first kappa shape index (κ1) is 11.0. The van der Waals surface area contributed by atoms with Crippen molar-refractivity contribution in [3.8, 4) is 0 Å². The van der Waals surface area contributed by atoms with Gasteiger partial charge in [-0.3, -0.25) is 4.79 Å². The number of carbonyl (C=O) groups is 1. The molecule has 3 N–H and O–H groups in total. The molecule has 4 nitrogen and oxygen atoms in total. The van der Waals surface area contributed by atoms with Crippen molar-refractivity contribution in [2.24, 2.45) is 0 Å². The Hall–Kier alpha value is -1.10. The number of nitrogens with one attached hydrogen (secondary N) is 1. The zero-order valence-electron chi connectivity index (χ0n) is 7.27. The van der Waals surface area contributed by atoms with E-state index in [1.54, 1.807) is 24.3 Å². The Bertz CT molecular complexity index is 312. The van der Waals surface area contributed by atoms with Crippen LogP contribution in [0.2, 0.25) is 5.02 Å². The van der Waals surface area contributed by atoms with Gasteiger partial charge in [-0.25, -0.2) is 0 Å². The molecule has 0 aliphatic carbocycles. The number of carboxylic acids is 1. The van der Waals surface area contributed by atoms with E-state index < -0.39 is 12.0 Å². The minimum Gasteiger partial charge on any atom is -0.481 e. The van der Waals surface area contributed by atoms with Gasteiger partial charge in [-0.05, 0) is 17.7 Å². The van der Waals surface area contributed by atoms with Crippen molar-refractivity contribution in [1.82, 2.24) is 5.48 Å². The molecule has 0 aliphatic rings. The third-order valence-electron chi connectivity index (χ3n) is 1.81. The second-order valence-electron chi connectivity index (χ2n) is 2.83. The van der Waals surface area contributed by atoms with Crippen LogP contribution in [0, 0.1) is 0 Å². The molecular weight excluding hydrogens is 206 g/mol. The van der Waals surface area contributed by atoms with Crippen LogP contribution in [-0.2, 0) is 4.79 Å². The molecule has 5 heteroatoms. The maximum atomic E-state index is 10.4. The highest BCUT2D eigenvalue weighted by atomic mass is 35.5. The fraction of sp³-hybridized carbons (Fsp3) is 0.222. The van der Waals surface area contributed by atoms with Crippen LogP contribution in [0.25, 0.3) is 0 Å². The molecule has 0 amide bonds. The second-order valence-corrected chi connectivity index (χ2v) is 3.27. The highest BCUT2D eigenvalue weighted by Gasteiger charge is 2.13. The van der Waals surface area contributed by atoms with Gasteiger partial charge in [0, 0.05) is 5.02 Å². The van der Waals surface area contributed by atoms with Gasteiger partial charge in [-0.15, -0.1) is 0 Å². The number of hydrogen-bond donors (Lipinski definition) is 3. The topological polar surface area (TPSA) is 69.6 Å². The first-order valence-electron chi connectivity index (χ1n) is 4.00. The zero-order valence-corrected chi connectivity index (χ0v) is 8.03. The van der Waals surface area contributed by atoms with Gasteiger partial charge in [0.1, 0.15) is 0 Å². The van der Waals surface area contributed by atoms with Crippen molar-refractivity contribution >= 4 is 17.6 Å². The summed E-state index contributed by atoms with van der Waals surface area (Å²) in [6.07, 6.45) is -0.182. The molecule has 1 aromatic rings. The zero-order chi connectivity index (χ0) is 10.6. The standard InChI is InChI=1S/C9H10ClNO3/c10-7-3-1-6(2-4-7)8(11-14)5-9(12)13/h1-4,8,11,14H,5H2,(H,12,13)/t8-/m1/s1. The van der Waals surface area contributed by atoms with Crippen molar-refractivity contribution in [3.63, 3.8) is 0 Å². The molecule has 0 heterocycles. The van der Waals surface area contributed by atoms with Gasteiger partial charge >= 0.3 is 5.97 Å². The summed E-state index contributed by atoms with van der Waals surface area (Å²) in [7, 11) is 0. The van der Waals surface area contributed by atoms with Crippen molar-refractivity contribution in [2.45, 2.75) is 12.5 Å². The van der Waals surface area contributed by atoms with Crippen LogP contribution >= 0.6 is 11.6 Å². The molecule has 0 fully saturated rings. The Balaban J connectivity index is 2.78. The average Bonchev–Trinajstić information content (AvgIpc) is 2.15. The van der Waals surface area contributed by atoms with E-state index in [9.17, 15) is 4.79 Å². The van der Waals surface area contributed by atoms with Crippen molar-refractivity contribution in [1.29, 1.82) is 0 Å². The minimum atomic E-state index is -0.980. The SMILES string of the molecule is O=C(O)C[C@@H](NO)c1ccc(Cl)cc1. The van der Waals surface area contributed by atoms with Gasteiger partial charge < -0.3 is 10.3 Å². The van der Waals surface area contributed by atoms with Crippen molar-refractivity contribution in [2.75, 3.05) is 0 Å². The average molecular weight is 216 g/mol. The fourth-order valence-electron chi connectivity index (χ4n) is 1.11. The molecule has 1 aromatic carbocycles. The Morgan fingerprint density at radius 2 is 2.00 bits per heavy atom. The molecule has 0 bridgehead atoms. The summed E-state index contributed by atoms with van der Waals surface area (Å²) in [4.78, 5) is 10.4. The van der Waals surface area contributed by atoms with E-state index in [0.29, 0.717) is 10.6 Å². The van der Waals surface area contributed by atoms with Gasteiger partial charge in [0.25, 0.3) is 0 Å². The lowest BCUT2D eigenvalue weighted by Crippen LogP contribution is -2.20. The summed E-state index contributed by atoms with van der Waals surface area (Å²) in [5, 5.41) is 17.9. The van der Waals surface area contributed by atoms with Gasteiger partial charge in [-0.1, -0.05) is 23.7 Å². The van der Waals surface area contributed by atoms with Gasteiger partial charge in [-0.2, -0.15) is 5.48 Å². The van der Waals surface area contributed by atoms with Gasteiger partial charge in [0.2, 0.25) is 0 Å². The summed E-state index contributed by atoms with van der Waals surface area (Å²) in [5.74, 6) is -0.980. The Kier molecular flexibility index (Phi) is 3.88. The summed E-state index contributed by atoms with van der Waals surface area (Å²) in [5.41, 5.74) is 2.63. The third kappa shape index (κ3) is 2.99. The number of rotatable bonds is 4. The summed E-state index contributed by atoms with van der Waals surface area (Å²) in [6.45, 7) is 0. The van der Waals surface area contributed by atoms with E-state index >= 15 is 0 Å². The number of hydrogen-bond acceptors (Lipinski definition) is 3. The van der Waals surface area contributed by atoms with E-state index in [1.807, 2.05) is 5.48 Å². The van der Waals surface area contributed by atoms with Crippen LogP contribution in [-0.4, -0.2) is 16.3 Å². The van der Waals surface area contributed by atoms with E-state index in [4.69, 9.17) is 21.9 Å². The molecule has 0 saturated carbocycles. The summed E-state index contributed by atoms with van der Waals surface area (Å²) < 4.78 is 0. The normalized spacial score (nSPS) is 12.4. The predicted octanol–water partition coefficient (Wildman–Crippen LogP) is 1.83. The number of carboxylic acid groups (broad SMARTS) is 1. The third-order valence-corrected chi connectivity index (χ3v) is 2.06. The molecule has 0 saturated heterocycles. The largest absolute Gasteiger partial charge is 0.481 e. The predicted molar refractivity (Wildman–Crippen MR) is 51.4 cm³/mol. The lowest BCUT2D eigenvalue weighted by Gasteiger charge is -2.12. The minimum absolute atomic E-state index is 0.182. The summed E-state index contributed by atoms with van der Waals surface area (Å²) in [6, 6.07) is 6.01. The molecule has 0 aromatic heterocycles. The lowest BCUT2D eigenvalue weighted by molar-refractivity contribution is -0.138. The van der Waals surface area contributed by atoms with Crippen molar-refractivity contribution in [3.05, 3.63) is 34.9 Å². The maximum absolute atomic E-state index is 10.4. The molecule has 0 unspecified atom stereocenters. The van der Waals surface area contributed by atoms with Gasteiger partial charge in [0.05, 0.1) is 12.5 Å². The molecule has 0 aliphatic heterocycles. The van der Waals surface area contributed by atoms with Crippen molar-refractivity contribution < 1.29 is 15.1 Å². The van der Waals surface area contributed by atoms with Crippen LogP contribution in [0.3, 0.4) is 0 Å². The molecule has 0 radical (unpaired) electrons. The highest BCUT2D eigenvalue weighted by molar-refractivity contribution is 6.30. The fourth-order valence-corrected chi connectivity index (χ4v) is 1.23. The molecule has 0 spiro atoms. The number of benzene rings is 1.